The van der Waals surface area contributed by atoms with Crippen LogP contribution in [0.3, 0.4) is 0 Å². The maximum absolute atomic E-state index is 12.6. The van der Waals surface area contributed by atoms with Crippen molar-refractivity contribution in [1.29, 1.82) is 0 Å². The monoisotopic (exact) mass is 308 g/mol. The van der Waals surface area contributed by atoms with Crippen LogP contribution in [0.2, 0.25) is 0 Å². The van der Waals surface area contributed by atoms with E-state index in [1.807, 2.05) is 30.9 Å². The first kappa shape index (κ1) is 16.2. The Hall–Kier alpha value is -1.20. The van der Waals surface area contributed by atoms with E-state index < -0.39 is 10.8 Å². The first-order chi connectivity index (χ1) is 9.95. The molecule has 2 rings (SSSR count). The van der Waals surface area contributed by atoms with Gasteiger partial charge in [-0.2, -0.15) is 0 Å². The number of aryl methyl sites for hydroxylation is 1. The van der Waals surface area contributed by atoms with Crippen LogP contribution in [0.25, 0.3) is 0 Å². The second kappa shape index (κ2) is 6.71. The Balaban J connectivity index is 2.35. The SMILES string of the molecule is CCC1NC(c2ccccc2C)N(C(C)CS(C)=O)C1=O. The summed E-state index contributed by atoms with van der Waals surface area (Å²) in [5.74, 6) is 0.621. The molecule has 1 saturated heterocycles. The Morgan fingerprint density at radius 2 is 2.05 bits per heavy atom. The number of nitrogens with zero attached hydrogens (tertiary/aromatic N) is 1. The van der Waals surface area contributed by atoms with Gasteiger partial charge in [0.15, 0.2) is 0 Å². The van der Waals surface area contributed by atoms with Crippen LogP contribution in [-0.4, -0.2) is 39.1 Å². The minimum atomic E-state index is -0.918. The van der Waals surface area contributed by atoms with Crippen molar-refractivity contribution in [2.45, 2.75) is 45.4 Å². The summed E-state index contributed by atoms with van der Waals surface area (Å²) in [4.78, 5) is 14.5. The predicted octanol–water partition coefficient (Wildman–Crippen LogP) is 1.97. The van der Waals surface area contributed by atoms with Crippen molar-refractivity contribution >= 4 is 16.7 Å². The molecule has 0 bridgehead atoms. The molecule has 1 aromatic carbocycles. The van der Waals surface area contributed by atoms with Crippen molar-refractivity contribution < 1.29 is 9.00 Å². The highest BCUT2D eigenvalue weighted by molar-refractivity contribution is 7.84. The lowest BCUT2D eigenvalue weighted by Crippen LogP contribution is -2.41. The Labute approximate surface area is 129 Å². The topological polar surface area (TPSA) is 49.4 Å². The van der Waals surface area contributed by atoms with E-state index in [0.717, 1.165) is 17.5 Å². The van der Waals surface area contributed by atoms with E-state index >= 15 is 0 Å². The van der Waals surface area contributed by atoms with Gasteiger partial charge in [0.25, 0.3) is 0 Å². The molecule has 0 radical (unpaired) electrons. The van der Waals surface area contributed by atoms with Crippen LogP contribution in [-0.2, 0) is 15.6 Å². The zero-order valence-corrected chi connectivity index (χ0v) is 13.9. The molecule has 5 heteroatoms. The normalized spacial score (nSPS) is 25.1. The summed E-state index contributed by atoms with van der Waals surface area (Å²) >= 11 is 0. The third-order valence-corrected chi connectivity index (χ3v) is 4.98. The molecule has 4 unspecified atom stereocenters. The van der Waals surface area contributed by atoms with E-state index in [4.69, 9.17) is 0 Å². The quantitative estimate of drug-likeness (QED) is 0.905. The average molecular weight is 308 g/mol. The van der Waals surface area contributed by atoms with Crippen LogP contribution in [0, 0.1) is 6.92 Å². The highest BCUT2D eigenvalue weighted by Gasteiger charge is 2.41. The van der Waals surface area contributed by atoms with Crippen molar-refractivity contribution in [3.8, 4) is 0 Å². The number of hydrogen-bond acceptors (Lipinski definition) is 3. The molecule has 4 atom stereocenters. The van der Waals surface area contributed by atoms with Gasteiger partial charge in [0.1, 0.15) is 6.17 Å². The Morgan fingerprint density at radius 3 is 2.62 bits per heavy atom. The van der Waals surface area contributed by atoms with Crippen LogP contribution in [0.4, 0.5) is 0 Å². The van der Waals surface area contributed by atoms with Gasteiger partial charge in [-0.25, -0.2) is 0 Å². The summed E-state index contributed by atoms with van der Waals surface area (Å²) in [6, 6.07) is 7.91. The third kappa shape index (κ3) is 3.35. The van der Waals surface area contributed by atoms with E-state index in [9.17, 15) is 9.00 Å². The van der Waals surface area contributed by atoms with Gasteiger partial charge in [0, 0.05) is 28.9 Å². The Morgan fingerprint density at radius 1 is 1.38 bits per heavy atom. The lowest BCUT2D eigenvalue weighted by atomic mass is 10.1. The molecule has 1 fully saturated rings. The number of carbonyl (C=O) groups is 1. The van der Waals surface area contributed by atoms with Crippen LogP contribution in [0.5, 0.6) is 0 Å². The molecule has 0 saturated carbocycles. The van der Waals surface area contributed by atoms with E-state index in [-0.39, 0.29) is 24.2 Å². The molecule has 0 aliphatic carbocycles. The number of rotatable bonds is 5. The van der Waals surface area contributed by atoms with Gasteiger partial charge in [-0.3, -0.25) is 14.3 Å². The van der Waals surface area contributed by atoms with Crippen molar-refractivity contribution in [1.82, 2.24) is 10.2 Å². The van der Waals surface area contributed by atoms with Crippen molar-refractivity contribution in [2.75, 3.05) is 12.0 Å². The molecular weight excluding hydrogens is 284 g/mol. The summed E-state index contributed by atoms with van der Waals surface area (Å²) in [5.41, 5.74) is 2.28. The molecular formula is C16H24N2O2S. The lowest BCUT2D eigenvalue weighted by Gasteiger charge is -2.31. The predicted molar refractivity (Wildman–Crippen MR) is 86.4 cm³/mol. The second-order valence-electron chi connectivity index (χ2n) is 5.72. The summed E-state index contributed by atoms with van der Waals surface area (Å²) in [6.45, 7) is 6.04. The van der Waals surface area contributed by atoms with E-state index in [2.05, 4.69) is 24.4 Å². The first-order valence-corrected chi connectivity index (χ1v) is 9.12. The van der Waals surface area contributed by atoms with Gasteiger partial charge in [-0.05, 0) is 31.4 Å². The van der Waals surface area contributed by atoms with Crippen LogP contribution in [0.15, 0.2) is 24.3 Å². The fourth-order valence-corrected chi connectivity index (χ4v) is 3.81. The van der Waals surface area contributed by atoms with E-state index in [1.54, 1.807) is 6.26 Å². The summed E-state index contributed by atoms with van der Waals surface area (Å²) in [6.07, 6.45) is 2.33. The minimum absolute atomic E-state index is 0.0445. The van der Waals surface area contributed by atoms with E-state index in [0.29, 0.717) is 5.75 Å². The number of amides is 1. The molecule has 0 spiro atoms. The fraction of sp³-hybridized carbons (Fsp3) is 0.562. The van der Waals surface area contributed by atoms with Gasteiger partial charge < -0.3 is 4.90 Å². The lowest BCUT2D eigenvalue weighted by molar-refractivity contribution is -0.131. The zero-order chi connectivity index (χ0) is 15.6. The molecule has 1 aliphatic heterocycles. The summed E-state index contributed by atoms with van der Waals surface area (Å²) in [7, 11) is -0.918. The highest BCUT2D eigenvalue weighted by Crippen LogP contribution is 2.30. The van der Waals surface area contributed by atoms with Gasteiger partial charge >= 0.3 is 0 Å². The molecule has 116 valence electrons. The molecule has 4 nitrogen and oxygen atoms in total. The third-order valence-electron chi connectivity index (χ3n) is 4.03. The van der Waals surface area contributed by atoms with Crippen LogP contribution < -0.4 is 5.32 Å². The van der Waals surface area contributed by atoms with Crippen LogP contribution in [0.1, 0.15) is 37.6 Å². The molecule has 1 amide bonds. The molecule has 21 heavy (non-hydrogen) atoms. The largest absolute Gasteiger partial charge is 0.318 e. The first-order valence-electron chi connectivity index (χ1n) is 7.39. The second-order valence-corrected chi connectivity index (χ2v) is 7.20. The average Bonchev–Trinajstić information content (AvgIpc) is 2.75. The van der Waals surface area contributed by atoms with Crippen LogP contribution >= 0.6 is 0 Å². The van der Waals surface area contributed by atoms with Gasteiger partial charge in [0.2, 0.25) is 5.91 Å². The molecule has 0 aromatic heterocycles. The highest BCUT2D eigenvalue weighted by atomic mass is 32.2. The van der Waals surface area contributed by atoms with Crippen molar-refractivity contribution in [3.63, 3.8) is 0 Å². The van der Waals surface area contributed by atoms with Gasteiger partial charge in [-0.15, -0.1) is 0 Å². The van der Waals surface area contributed by atoms with Crippen molar-refractivity contribution in [2.24, 2.45) is 0 Å². The number of nitrogens with one attached hydrogen (secondary N) is 1. The Kier molecular flexibility index (Phi) is 5.17. The maximum atomic E-state index is 12.6. The minimum Gasteiger partial charge on any atom is -0.318 e. The standard InChI is InChI=1S/C16H24N2O2S/c1-5-14-16(19)18(12(3)10-21(4)20)15(17-14)13-9-7-6-8-11(13)2/h6-9,12,14-15,17H,5,10H2,1-4H3. The van der Waals surface area contributed by atoms with Gasteiger partial charge in [0.05, 0.1) is 6.04 Å². The summed E-state index contributed by atoms with van der Waals surface area (Å²) < 4.78 is 11.5. The van der Waals surface area contributed by atoms with Crippen molar-refractivity contribution in [3.05, 3.63) is 35.4 Å². The Bertz CT molecular complexity index is 547. The fourth-order valence-electron chi connectivity index (χ4n) is 2.97. The zero-order valence-electron chi connectivity index (χ0n) is 13.1. The molecule has 1 aliphatic rings. The number of hydrogen-bond donors (Lipinski definition) is 1. The van der Waals surface area contributed by atoms with E-state index in [1.165, 1.54) is 0 Å². The molecule has 1 heterocycles. The molecule has 1 aromatic rings. The maximum Gasteiger partial charge on any atom is 0.241 e. The number of carbonyl (C=O) groups excluding carboxylic acids is 1. The smallest absolute Gasteiger partial charge is 0.241 e. The number of benzene rings is 1. The summed E-state index contributed by atoms with van der Waals surface area (Å²) in [5, 5.41) is 3.43. The van der Waals surface area contributed by atoms with Gasteiger partial charge in [-0.1, -0.05) is 31.2 Å². The molecule has 1 N–H and O–H groups in total.